The number of anilines is 1. The highest BCUT2D eigenvalue weighted by molar-refractivity contribution is 6.13. The zero-order chi connectivity index (χ0) is 17.6. The number of unbranched alkanes of at least 4 members (excludes halogenated alkanes) is 1. The molecule has 0 aliphatic heterocycles. The third-order valence-corrected chi connectivity index (χ3v) is 5.21. The van der Waals surface area contributed by atoms with Gasteiger partial charge in [-0.2, -0.15) is 0 Å². The molecule has 2 aromatic heterocycles. The van der Waals surface area contributed by atoms with Crippen molar-refractivity contribution in [3.8, 4) is 0 Å². The van der Waals surface area contributed by atoms with E-state index >= 15 is 0 Å². The predicted molar refractivity (Wildman–Crippen MR) is 109 cm³/mol. The smallest absolute Gasteiger partial charge is 0.141 e. The molecule has 0 amide bonds. The van der Waals surface area contributed by atoms with Gasteiger partial charge in [0.15, 0.2) is 0 Å². The molecule has 2 heterocycles. The first-order valence-electron chi connectivity index (χ1n) is 9.09. The average molecular weight is 331 g/mol. The predicted octanol–water partition coefficient (Wildman–Crippen LogP) is 5.29. The van der Waals surface area contributed by atoms with Crippen LogP contribution in [0.25, 0.3) is 32.8 Å². The molecule has 0 saturated heterocycles. The van der Waals surface area contributed by atoms with Crippen LogP contribution in [0.2, 0.25) is 0 Å². The number of fused-ring (bicyclic) bond motifs is 4. The Labute approximate surface area is 148 Å². The van der Waals surface area contributed by atoms with Crippen molar-refractivity contribution in [3.63, 3.8) is 0 Å². The van der Waals surface area contributed by atoms with Gasteiger partial charge in [-0.3, -0.25) is 0 Å². The average Bonchev–Trinajstić information content (AvgIpc) is 2.91. The minimum Gasteiger partial charge on any atom is -0.378 e. The zero-order valence-corrected chi connectivity index (χ0v) is 15.5. The largest absolute Gasteiger partial charge is 0.378 e. The second kappa shape index (κ2) is 6.07. The van der Waals surface area contributed by atoms with Crippen molar-refractivity contribution in [1.29, 1.82) is 0 Å². The number of aryl methyl sites for hydroxylation is 2. The molecule has 0 unspecified atom stereocenters. The Bertz CT molecular complexity index is 1070. The van der Waals surface area contributed by atoms with Crippen molar-refractivity contribution in [2.24, 2.45) is 7.05 Å². The molecular weight excluding hydrogens is 306 g/mol. The second-order valence-electron chi connectivity index (χ2n) is 7.06. The Morgan fingerprint density at radius 2 is 1.84 bits per heavy atom. The van der Waals surface area contributed by atoms with Crippen LogP contribution in [0, 0.1) is 0 Å². The Hall–Kier alpha value is -2.55. The Morgan fingerprint density at radius 3 is 2.60 bits per heavy atom. The van der Waals surface area contributed by atoms with E-state index in [0.29, 0.717) is 0 Å². The van der Waals surface area contributed by atoms with E-state index in [1.807, 2.05) is 0 Å². The van der Waals surface area contributed by atoms with E-state index in [2.05, 4.69) is 80.0 Å². The Morgan fingerprint density at radius 1 is 1.04 bits per heavy atom. The van der Waals surface area contributed by atoms with Crippen molar-refractivity contribution >= 4 is 38.5 Å². The first-order chi connectivity index (χ1) is 12.1. The molecule has 25 heavy (non-hydrogen) atoms. The van der Waals surface area contributed by atoms with Gasteiger partial charge in [0.1, 0.15) is 5.65 Å². The molecule has 128 valence electrons. The molecule has 0 saturated carbocycles. The molecular formula is C22H25N3. The van der Waals surface area contributed by atoms with Crippen LogP contribution in [0.3, 0.4) is 0 Å². The summed E-state index contributed by atoms with van der Waals surface area (Å²) in [7, 11) is 6.31. The van der Waals surface area contributed by atoms with E-state index in [-0.39, 0.29) is 0 Å². The zero-order valence-electron chi connectivity index (χ0n) is 15.5. The van der Waals surface area contributed by atoms with E-state index in [0.717, 1.165) is 17.6 Å². The van der Waals surface area contributed by atoms with Crippen molar-refractivity contribution in [2.75, 3.05) is 19.0 Å². The lowest BCUT2D eigenvalue weighted by atomic mass is 9.98. The quantitative estimate of drug-likeness (QED) is 0.507. The summed E-state index contributed by atoms with van der Waals surface area (Å²) in [6.07, 6.45) is 3.49. The molecule has 3 heteroatoms. The summed E-state index contributed by atoms with van der Waals surface area (Å²) in [5.74, 6) is 0. The van der Waals surface area contributed by atoms with E-state index in [1.165, 1.54) is 45.8 Å². The van der Waals surface area contributed by atoms with E-state index in [1.54, 1.807) is 0 Å². The second-order valence-corrected chi connectivity index (χ2v) is 7.06. The van der Waals surface area contributed by atoms with Gasteiger partial charge in [0.25, 0.3) is 0 Å². The minimum absolute atomic E-state index is 1.09. The van der Waals surface area contributed by atoms with Gasteiger partial charge in [-0.25, -0.2) is 4.98 Å². The highest BCUT2D eigenvalue weighted by atomic mass is 15.1. The lowest BCUT2D eigenvalue weighted by molar-refractivity contribution is 0.802. The molecule has 0 fully saturated rings. The normalized spacial score (nSPS) is 11.7. The SMILES string of the molecule is CCCCc1c2cc(N(C)C)ccc2nc2c1c1ccccc1n2C. The number of hydrogen-bond donors (Lipinski definition) is 0. The maximum absolute atomic E-state index is 5.03. The standard InChI is InChI=1S/C22H25N3/c1-5-6-9-16-18-14-15(24(2)3)12-13-19(18)23-22-21(16)17-10-7-8-11-20(17)25(22)4/h7-8,10-14H,5-6,9H2,1-4H3. The van der Waals surface area contributed by atoms with Crippen LogP contribution in [0.1, 0.15) is 25.3 Å². The van der Waals surface area contributed by atoms with Crippen LogP contribution >= 0.6 is 0 Å². The molecule has 0 aliphatic carbocycles. The number of para-hydroxylation sites is 1. The molecule has 0 aliphatic rings. The van der Waals surface area contributed by atoms with E-state index in [9.17, 15) is 0 Å². The number of rotatable bonds is 4. The highest BCUT2D eigenvalue weighted by Crippen LogP contribution is 2.35. The summed E-state index contributed by atoms with van der Waals surface area (Å²) < 4.78 is 2.24. The van der Waals surface area contributed by atoms with Crippen LogP contribution < -0.4 is 4.90 Å². The summed E-state index contributed by atoms with van der Waals surface area (Å²) in [6.45, 7) is 2.26. The fraction of sp³-hybridized carbons (Fsp3) is 0.318. The van der Waals surface area contributed by atoms with Crippen LogP contribution in [-0.2, 0) is 13.5 Å². The number of pyridine rings is 1. The van der Waals surface area contributed by atoms with Gasteiger partial charge in [0.2, 0.25) is 0 Å². The van der Waals surface area contributed by atoms with Crippen LogP contribution in [0.4, 0.5) is 5.69 Å². The molecule has 0 N–H and O–H groups in total. The molecule has 4 rings (SSSR count). The van der Waals surface area contributed by atoms with Gasteiger partial charge in [0, 0.05) is 43.0 Å². The topological polar surface area (TPSA) is 21.1 Å². The molecule has 4 aromatic rings. The monoisotopic (exact) mass is 331 g/mol. The van der Waals surface area contributed by atoms with Crippen molar-refractivity contribution < 1.29 is 0 Å². The fourth-order valence-corrected chi connectivity index (χ4v) is 3.81. The summed E-state index contributed by atoms with van der Waals surface area (Å²) in [5.41, 5.74) is 6.12. The number of nitrogens with zero attached hydrogens (tertiary/aromatic N) is 3. The first kappa shape index (κ1) is 15.9. The van der Waals surface area contributed by atoms with Crippen LogP contribution in [0.15, 0.2) is 42.5 Å². The van der Waals surface area contributed by atoms with E-state index < -0.39 is 0 Å². The van der Waals surface area contributed by atoms with Crippen molar-refractivity contribution in [3.05, 3.63) is 48.0 Å². The number of hydrogen-bond acceptors (Lipinski definition) is 2. The van der Waals surface area contributed by atoms with Gasteiger partial charge in [0.05, 0.1) is 11.0 Å². The third-order valence-electron chi connectivity index (χ3n) is 5.21. The van der Waals surface area contributed by atoms with Crippen LogP contribution in [-0.4, -0.2) is 23.6 Å². The molecule has 0 bridgehead atoms. The Kier molecular flexibility index (Phi) is 3.87. The molecule has 0 radical (unpaired) electrons. The molecule has 2 aromatic carbocycles. The van der Waals surface area contributed by atoms with Gasteiger partial charge in [-0.05, 0) is 42.7 Å². The van der Waals surface area contributed by atoms with E-state index in [4.69, 9.17) is 4.98 Å². The van der Waals surface area contributed by atoms with Gasteiger partial charge < -0.3 is 9.47 Å². The first-order valence-corrected chi connectivity index (χ1v) is 9.09. The van der Waals surface area contributed by atoms with Crippen molar-refractivity contribution in [1.82, 2.24) is 9.55 Å². The van der Waals surface area contributed by atoms with Crippen LogP contribution in [0.5, 0.6) is 0 Å². The molecule has 0 atom stereocenters. The number of aromatic nitrogens is 2. The molecule has 3 nitrogen and oxygen atoms in total. The van der Waals surface area contributed by atoms with Gasteiger partial charge in [-0.15, -0.1) is 0 Å². The van der Waals surface area contributed by atoms with Gasteiger partial charge in [-0.1, -0.05) is 31.5 Å². The number of benzene rings is 2. The third kappa shape index (κ3) is 2.46. The summed E-state index contributed by atoms with van der Waals surface area (Å²) >= 11 is 0. The fourth-order valence-electron chi connectivity index (χ4n) is 3.81. The Balaban J connectivity index is 2.17. The van der Waals surface area contributed by atoms with Gasteiger partial charge >= 0.3 is 0 Å². The highest BCUT2D eigenvalue weighted by Gasteiger charge is 2.16. The minimum atomic E-state index is 1.09. The maximum atomic E-state index is 5.03. The lowest BCUT2D eigenvalue weighted by Gasteiger charge is -2.15. The van der Waals surface area contributed by atoms with Crippen molar-refractivity contribution in [2.45, 2.75) is 26.2 Å². The lowest BCUT2D eigenvalue weighted by Crippen LogP contribution is -2.08. The maximum Gasteiger partial charge on any atom is 0.141 e. The summed E-state index contributed by atoms with van der Waals surface area (Å²) in [6, 6.07) is 15.3. The molecule has 0 spiro atoms. The summed E-state index contributed by atoms with van der Waals surface area (Å²) in [4.78, 5) is 7.19. The summed E-state index contributed by atoms with van der Waals surface area (Å²) in [5, 5.41) is 3.94.